The van der Waals surface area contributed by atoms with Crippen molar-refractivity contribution in [2.75, 3.05) is 0 Å². The molecule has 0 aliphatic heterocycles. The van der Waals surface area contributed by atoms with Crippen molar-refractivity contribution in [2.45, 2.75) is 91.2 Å². The molecule has 2 unspecified atom stereocenters. The van der Waals surface area contributed by atoms with Gasteiger partial charge in [-0.1, -0.05) is 48.6 Å². The Morgan fingerprint density at radius 3 is 2.27 bits per heavy atom. The number of benzene rings is 2. The SMILES string of the molecule is CC(C)OP(=O)(OC(C)C)C(=NC1C2=C(C=CCC2)c2ccccc21)C(NC(=O)OC(C)(C)C)c1ccc(F)cc1. The minimum Gasteiger partial charge on any atom is -0.444 e. The highest BCUT2D eigenvalue weighted by Gasteiger charge is 2.43. The number of aliphatic imine (C=N–C) groups is 1. The molecule has 0 saturated carbocycles. The molecule has 0 saturated heterocycles. The lowest BCUT2D eigenvalue weighted by atomic mass is 9.96. The monoisotopic (exact) mass is 582 g/mol. The fourth-order valence-electron chi connectivity index (χ4n) is 5.05. The third-order valence-corrected chi connectivity index (χ3v) is 8.78. The van der Waals surface area contributed by atoms with Crippen molar-refractivity contribution in [3.8, 4) is 0 Å². The number of hydrogen-bond acceptors (Lipinski definition) is 6. The smallest absolute Gasteiger partial charge is 0.408 e. The van der Waals surface area contributed by atoms with Crippen LogP contribution in [0.2, 0.25) is 0 Å². The fraction of sp³-hybridized carbons (Fsp3) is 0.438. The van der Waals surface area contributed by atoms with Crippen LogP contribution in [0.3, 0.4) is 0 Å². The first-order valence-electron chi connectivity index (χ1n) is 14.1. The highest BCUT2D eigenvalue weighted by Crippen LogP contribution is 2.57. The molecule has 2 aromatic rings. The van der Waals surface area contributed by atoms with Crippen LogP contribution in [0.1, 0.15) is 90.1 Å². The number of hydrogen-bond donors (Lipinski definition) is 1. The number of carbonyl (C=O) groups excluding carboxylic acids is 1. The molecule has 2 atom stereocenters. The van der Waals surface area contributed by atoms with Crippen molar-refractivity contribution in [1.29, 1.82) is 0 Å². The van der Waals surface area contributed by atoms with Gasteiger partial charge in [0, 0.05) is 0 Å². The van der Waals surface area contributed by atoms with Crippen molar-refractivity contribution in [1.82, 2.24) is 5.32 Å². The molecule has 9 heteroatoms. The second-order valence-electron chi connectivity index (χ2n) is 11.8. The van der Waals surface area contributed by atoms with E-state index in [1.54, 1.807) is 48.5 Å². The van der Waals surface area contributed by atoms with Gasteiger partial charge < -0.3 is 19.1 Å². The Morgan fingerprint density at radius 2 is 1.66 bits per heavy atom. The normalized spacial score (nSPS) is 18.0. The number of nitrogens with zero attached hydrogens (tertiary/aromatic N) is 1. The Labute approximate surface area is 242 Å². The van der Waals surface area contributed by atoms with Gasteiger partial charge in [-0.3, -0.25) is 9.56 Å². The Kier molecular flexibility index (Phi) is 9.37. The molecule has 0 aromatic heterocycles. The maximum Gasteiger partial charge on any atom is 0.408 e. The molecule has 7 nitrogen and oxygen atoms in total. The standard InChI is InChI=1S/C32H40FN2O5P/c1-20(2)39-41(37,40-21(3)4)30(28(22-16-18-23(33)19-17-22)35-31(36)38-32(5,6)7)34-29-26-14-10-8-12-24(26)25-13-9-11-15-27(25)29/h8-10,12-14,16-21,28-29H,11,15H2,1-7H3,(H,35,36). The van der Waals surface area contributed by atoms with Crippen LogP contribution in [0, 0.1) is 5.82 Å². The molecule has 0 radical (unpaired) electrons. The summed E-state index contributed by atoms with van der Waals surface area (Å²) in [6, 6.07) is 12.1. The molecule has 1 amide bonds. The van der Waals surface area contributed by atoms with Crippen LogP contribution in [0.25, 0.3) is 5.57 Å². The first kappa shape index (κ1) is 30.9. The molecule has 0 heterocycles. The van der Waals surface area contributed by atoms with E-state index >= 15 is 0 Å². The molecule has 0 bridgehead atoms. The summed E-state index contributed by atoms with van der Waals surface area (Å²) in [4.78, 5) is 18.4. The molecule has 220 valence electrons. The minimum absolute atomic E-state index is 0.0282. The average molecular weight is 583 g/mol. The molecule has 2 aliphatic carbocycles. The number of fused-ring (bicyclic) bond motifs is 2. The molecule has 0 spiro atoms. The summed E-state index contributed by atoms with van der Waals surface area (Å²) in [7, 11) is -4.15. The Balaban J connectivity index is 1.97. The van der Waals surface area contributed by atoms with Gasteiger partial charge in [-0.2, -0.15) is 0 Å². The van der Waals surface area contributed by atoms with Crippen molar-refractivity contribution in [3.05, 3.63) is 88.8 Å². The van der Waals surface area contributed by atoms with Crippen LogP contribution >= 0.6 is 7.60 Å². The van der Waals surface area contributed by atoms with Gasteiger partial charge in [0.25, 0.3) is 0 Å². The minimum atomic E-state index is -4.15. The highest BCUT2D eigenvalue weighted by atomic mass is 31.2. The quantitative estimate of drug-likeness (QED) is 0.236. The zero-order chi connectivity index (χ0) is 29.9. The van der Waals surface area contributed by atoms with Gasteiger partial charge in [0.2, 0.25) is 0 Å². The predicted octanol–water partition coefficient (Wildman–Crippen LogP) is 8.69. The lowest BCUT2D eigenvalue weighted by molar-refractivity contribution is 0.0517. The maximum atomic E-state index is 14.9. The third kappa shape index (κ3) is 7.42. The van der Waals surface area contributed by atoms with Crippen LogP contribution in [0.4, 0.5) is 9.18 Å². The first-order valence-corrected chi connectivity index (χ1v) is 15.6. The topological polar surface area (TPSA) is 86.2 Å². The number of carbonyl (C=O) groups is 1. The average Bonchev–Trinajstić information content (AvgIpc) is 3.18. The summed E-state index contributed by atoms with van der Waals surface area (Å²) in [6.45, 7) is 12.3. The van der Waals surface area contributed by atoms with E-state index in [1.807, 2.05) is 18.2 Å². The van der Waals surface area contributed by atoms with Gasteiger partial charge in [-0.25, -0.2) is 9.18 Å². The van der Waals surface area contributed by atoms with Crippen molar-refractivity contribution in [2.24, 2.45) is 4.99 Å². The summed E-state index contributed by atoms with van der Waals surface area (Å²) >= 11 is 0. The molecule has 1 N–H and O–H groups in total. The fourth-order valence-corrected chi connectivity index (χ4v) is 7.21. The van der Waals surface area contributed by atoms with E-state index in [0.717, 1.165) is 35.1 Å². The Morgan fingerprint density at radius 1 is 1.02 bits per heavy atom. The van der Waals surface area contributed by atoms with E-state index in [4.69, 9.17) is 18.8 Å². The van der Waals surface area contributed by atoms with Gasteiger partial charge in [-0.05, 0) is 101 Å². The Bertz CT molecular complexity index is 1390. The van der Waals surface area contributed by atoms with Crippen molar-refractivity contribution in [3.63, 3.8) is 0 Å². The molecular formula is C32H40FN2O5P. The van der Waals surface area contributed by atoms with Gasteiger partial charge in [-0.15, -0.1) is 0 Å². The van der Waals surface area contributed by atoms with Crippen LogP contribution in [-0.4, -0.2) is 29.4 Å². The largest absolute Gasteiger partial charge is 0.444 e. The summed E-state index contributed by atoms with van der Waals surface area (Å²) < 4.78 is 46.6. The second kappa shape index (κ2) is 12.4. The van der Waals surface area contributed by atoms with Gasteiger partial charge >= 0.3 is 13.7 Å². The van der Waals surface area contributed by atoms with Crippen LogP contribution in [-0.2, 0) is 18.3 Å². The van der Waals surface area contributed by atoms with Gasteiger partial charge in [0.05, 0.1) is 18.2 Å². The van der Waals surface area contributed by atoms with E-state index in [0.29, 0.717) is 5.56 Å². The molecule has 4 rings (SSSR count). The maximum absolute atomic E-state index is 14.9. The number of halogens is 1. The van der Waals surface area contributed by atoms with Crippen LogP contribution in [0.5, 0.6) is 0 Å². The molecule has 41 heavy (non-hydrogen) atoms. The third-order valence-electron chi connectivity index (χ3n) is 6.45. The van der Waals surface area contributed by atoms with Gasteiger partial charge in [0.15, 0.2) is 5.45 Å². The summed E-state index contributed by atoms with van der Waals surface area (Å²) in [5.41, 5.74) is 3.93. The van der Waals surface area contributed by atoms with E-state index in [1.165, 1.54) is 24.3 Å². The van der Waals surface area contributed by atoms with Crippen LogP contribution < -0.4 is 5.32 Å². The number of ether oxygens (including phenoxy) is 1. The van der Waals surface area contributed by atoms with E-state index in [-0.39, 0.29) is 5.45 Å². The number of nitrogens with one attached hydrogen (secondary N) is 1. The predicted molar refractivity (Wildman–Crippen MR) is 160 cm³/mol. The zero-order valence-electron chi connectivity index (χ0n) is 24.8. The van der Waals surface area contributed by atoms with Crippen LogP contribution in [0.15, 0.2) is 71.2 Å². The molecular weight excluding hydrogens is 542 g/mol. The van der Waals surface area contributed by atoms with E-state index in [2.05, 4.69) is 23.5 Å². The first-order chi connectivity index (χ1) is 19.3. The zero-order valence-corrected chi connectivity index (χ0v) is 25.7. The Hall–Kier alpha value is -3.06. The summed E-state index contributed by atoms with van der Waals surface area (Å²) in [5.74, 6) is -0.447. The van der Waals surface area contributed by atoms with Crippen molar-refractivity contribution < 1.29 is 27.5 Å². The highest BCUT2D eigenvalue weighted by molar-refractivity contribution is 7.72. The van der Waals surface area contributed by atoms with Crippen molar-refractivity contribution >= 4 is 24.7 Å². The molecule has 0 fully saturated rings. The molecule has 2 aliphatic rings. The molecule has 2 aromatic carbocycles. The number of allylic oxidation sites excluding steroid dienone is 3. The second-order valence-corrected chi connectivity index (χ2v) is 13.7. The number of alkyl carbamates (subject to hydrolysis) is 1. The summed E-state index contributed by atoms with van der Waals surface area (Å²) in [5, 5.41) is 2.85. The lowest BCUT2D eigenvalue weighted by Crippen LogP contribution is -2.39. The number of amides is 1. The van der Waals surface area contributed by atoms with E-state index < -0.39 is 49.4 Å². The summed E-state index contributed by atoms with van der Waals surface area (Å²) in [6.07, 6.45) is 4.18. The lowest BCUT2D eigenvalue weighted by Gasteiger charge is -2.31. The van der Waals surface area contributed by atoms with E-state index in [9.17, 15) is 13.8 Å². The van der Waals surface area contributed by atoms with Gasteiger partial charge in [0.1, 0.15) is 17.5 Å². The number of rotatable bonds is 9.